The molecule has 1 aliphatic carbocycles. The minimum Gasteiger partial charge on any atom is -0.478 e. The molecule has 5 heteroatoms. The normalized spacial score (nSPS) is 17.1. The maximum atomic E-state index is 13.0. The molecule has 0 aromatic heterocycles. The lowest BCUT2D eigenvalue weighted by molar-refractivity contribution is -0.147. The zero-order valence-corrected chi connectivity index (χ0v) is 7.87. The molecule has 0 aliphatic heterocycles. The summed E-state index contributed by atoms with van der Waals surface area (Å²) in [7, 11) is 0. The summed E-state index contributed by atoms with van der Waals surface area (Å²) in [5, 5.41) is 8.85. The van der Waals surface area contributed by atoms with E-state index < -0.39 is 17.4 Å². The van der Waals surface area contributed by atoms with Crippen LogP contribution in [0.1, 0.15) is 12.8 Å². The van der Waals surface area contributed by atoms with Crippen LogP contribution in [0, 0.1) is 5.82 Å². The number of nitrogens with two attached hydrogens (primary N) is 1. The summed E-state index contributed by atoms with van der Waals surface area (Å²) in [6.45, 7) is 0. The Labute approximate surface area is 85.5 Å². The van der Waals surface area contributed by atoms with E-state index in [2.05, 4.69) is 0 Å². The zero-order valence-electron chi connectivity index (χ0n) is 7.87. The average molecular weight is 211 g/mol. The fraction of sp³-hybridized carbons (Fsp3) is 0.300. The molecule has 80 valence electrons. The van der Waals surface area contributed by atoms with Gasteiger partial charge in [-0.15, -0.1) is 0 Å². The fourth-order valence-corrected chi connectivity index (χ4v) is 1.27. The molecule has 0 amide bonds. The average Bonchev–Trinajstić information content (AvgIpc) is 2.93. The lowest BCUT2D eigenvalue weighted by Gasteiger charge is -2.13. The summed E-state index contributed by atoms with van der Waals surface area (Å²) in [5.41, 5.74) is 4.15. The molecule has 3 N–H and O–H groups in total. The first-order valence-electron chi connectivity index (χ1n) is 4.51. The van der Waals surface area contributed by atoms with E-state index in [1.165, 1.54) is 12.1 Å². The number of rotatable bonds is 3. The number of carbonyl (C=O) groups is 1. The molecule has 0 heterocycles. The lowest BCUT2D eigenvalue weighted by atomic mass is 10.3. The van der Waals surface area contributed by atoms with Gasteiger partial charge in [0.05, 0.1) is 5.69 Å². The Morgan fingerprint density at radius 3 is 2.67 bits per heavy atom. The van der Waals surface area contributed by atoms with Crippen molar-refractivity contribution >= 4 is 11.7 Å². The maximum Gasteiger partial charge on any atom is 0.348 e. The van der Waals surface area contributed by atoms with Gasteiger partial charge < -0.3 is 15.6 Å². The number of carboxylic acid groups (broad SMARTS) is 1. The topological polar surface area (TPSA) is 72.5 Å². The van der Waals surface area contributed by atoms with Crippen molar-refractivity contribution in [3.63, 3.8) is 0 Å². The highest BCUT2D eigenvalue weighted by Gasteiger charge is 2.53. The third-order valence-electron chi connectivity index (χ3n) is 2.38. The second-order valence-corrected chi connectivity index (χ2v) is 3.58. The highest BCUT2D eigenvalue weighted by atomic mass is 19.1. The number of hydrogen-bond acceptors (Lipinski definition) is 3. The first-order chi connectivity index (χ1) is 7.03. The van der Waals surface area contributed by atoms with Crippen LogP contribution in [0.15, 0.2) is 18.2 Å². The molecule has 0 atom stereocenters. The van der Waals surface area contributed by atoms with Crippen LogP contribution in [0.2, 0.25) is 0 Å². The van der Waals surface area contributed by atoms with Crippen LogP contribution >= 0.6 is 0 Å². The van der Waals surface area contributed by atoms with Gasteiger partial charge in [-0.3, -0.25) is 0 Å². The number of nitrogen functional groups attached to an aromatic ring is 1. The van der Waals surface area contributed by atoms with Crippen molar-refractivity contribution in [1.29, 1.82) is 0 Å². The molecule has 1 aromatic rings. The van der Waals surface area contributed by atoms with E-state index in [-0.39, 0.29) is 11.4 Å². The van der Waals surface area contributed by atoms with Crippen LogP contribution in [-0.2, 0) is 4.79 Å². The predicted octanol–water partition coefficient (Wildman–Crippen LogP) is 1.40. The molecule has 15 heavy (non-hydrogen) atoms. The first-order valence-corrected chi connectivity index (χ1v) is 4.51. The maximum absolute atomic E-state index is 13.0. The fourth-order valence-electron chi connectivity index (χ4n) is 1.27. The van der Waals surface area contributed by atoms with E-state index in [0.717, 1.165) is 6.07 Å². The number of hydrogen-bond donors (Lipinski definition) is 2. The molecular weight excluding hydrogens is 201 g/mol. The van der Waals surface area contributed by atoms with Crippen LogP contribution in [0.3, 0.4) is 0 Å². The number of ether oxygens (including phenoxy) is 1. The molecule has 1 aromatic carbocycles. The van der Waals surface area contributed by atoms with Crippen LogP contribution in [0.5, 0.6) is 5.75 Å². The summed E-state index contributed by atoms with van der Waals surface area (Å²) in [5.74, 6) is -1.42. The second kappa shape index (κ2) is 3.12. The van der Waals surface area contributed by atoms with Crippen molar-refractivity contribution in [3.05, 3.63) is 24.0 Å². The summed E-state index contributed by atoms with van der Waals surface area (Å²) in [6, 6.07) is 3.91. The molecule has 1 saturated carbocycles. The van der Waals surface area contributed by atoms with Gasteiger partial charge in [-0.25, -0.2) is 9.18 Å². The Hall–Kier alpha value is -1.78. The van der Waals surface area contributed by atoms with Gasteiger partial charge in [-0.05, 0) is 12.1 Å². The SMILES string of the molecule is Nc1ccc(OC2(C(=O)O)CC2)cc1F. The van der Waals surface area contributed by atoms with Gasteiger partial charge >= 0.3 is 5.97 Å². The zero-order chi connectivity index (χ0) is 11.1. The largest absolute Gasteiger partial charge is 0.478 e. The van der Waals surface area contributed by atoms with E-state index in [1.54, 1.807) is 0 Å². The summed E-state index contributed by atoms with van der Waals surface area (Å²) >= 11 is 0. The third kappa shape index (κ3) is 1.72. The summed E-state index contributed by atoms with van der Waals surface area (Å²) in [4.78, 5) is 10.8. The van der Waals surface area contributed by atoms with Crippen molar-refractivity contribution in [2.75, 3.05) is 5.73 Å². The van der Waals surface area contributed by atoms with Crippen LogP contribution < -0.4 is 10.5 Å². The number of halogens is 1. The van der Waals surface area contributed by atoms with E-state index in [9.17, 15) is 9.18 Å². The van der Waals surface area contributed by atoms with Crippen molar-refractivity contribution in [2.45, 2.75) is 18.4 Å². The Kier molecular flexibility index (Phi) is 2.03. The smallest absolute Gasteiger partial charge is 0.348 e. The predicted molar refractivity (Wildman–Crippen MR) is 51.0 cm³/mol. The number of aliphatic carboxylic acids is 1. The van der Waals surface area contributed by atoms with Crippen LogP contribution in [-0.4, -0.2) is 16.7 Å². The first kappa shape index (κ1) is 9.76. The standard InChI is InChI=1S/C10H10FNO3/c11-7-5-6(1-2-8(7)12)15-10(3-4-10)9(13)14/h1-2,5H,3-4,12H2,(H,13,14). The Morgan fingerprint density at radius 1 is 1.53 bits per heavy atom. The van der Waals surface area contributed by atoms with Crippen molar-refractivity contribution in [1.82, 2.24) is 0 Å². The molecular formula is C10H10FNO3. The lowest BCUT2D eigenvalue weighted by Crippen LogP contribution is -2.29. The summed E-state index contributed by atoms with van der Waals surface area (Å²) in [6.07, 6.45) is 0.905. The molecule has 0 bridgehead atoms. The second-order valence-electron chi connectivity index (χ2n) is 3.58. The monoisotopic (exact) mass is 211 g/mol. The van der Waals surface area contributed by atoms with Gasteiger partial charge in [-0.1, -0.05) is 0 Å². The van der Waals surface area contributed by atoms with Crippen molar-refractivity contribution in [3.8, 4) is 5.75 Å². The molecule has 2 rings (SSSR count). The number of carboxylic acids is 1. The molecule has 0 saturated heterocycles. The van der Waals surface area contributed by atoms with Gasteiger partial charge in [-0.2, -0.15) is 0 Å². The van der Waals surface area contributed by atoms with E-state index in [4.69, 9.17) is 15.6 Å². The minimum absolute atomic E-state index is 0.0162. The third-order valence-corrected chi connectivity index (χ3v) is 2.38. The van der Waals surface area contributed by atoms with Gasteiger partial charge in [0, 0.05) is 18.9 Å². The quantitative estimate of drug-likeness (QED) is 0.741. The molecule has 0 radical (unpaired) electrons. The van der Waals surface area contributed by atoms with Crippen molar-refractivity contribution < 1.29 is 19.0 Å². The Bertz CT molecular complexity index is 415. The molecule has 1 fully saturated rings. The molecule has 0 unspecified atom stereocenters. The van der Waals surface area contributed by atoms with Crippen LogP contribution in [0.25, 0.3) is 0 Å². The van der Waals surface area contributed by atoms with Gasteiger partial charge in [0.1, 0.15) is 11.6 Å². The number of benzene rings is 1. The highest BCUT2D eigenvalue weighted by Crippen LogP contribution is 2.40. The molecule has 1 aliphatic rings. The van der Waals surface area contributed by atoms with Crippen molar-refractivity contribution in [2.24, 2.45) is 0 Å². The van der Waals surface area contributed by atoms with Gasteiger partial charge in [0.15, 0.2) is 0 Å². The Balaban J connectivity index is 2.18. The highest BCUT2D eigenvalue weighted by molar-refractivity contribution is 5.81. The molecule has 0 spiro atoms. The van der Waals surface area contributed by atoms with E-state index >= 15 is 0 Å². The Morgan fingerprint density at radius 2 is 2.20 bits per heavy atom. The van der Waals surface area contributed by atoms with Crippen LogP contribution in [0.4, 0.5) is 10.1 Å². The molecule has 4 nitrogen and oxygen atoms in total. The number of anilines is 1. The van der Waals surface area contributed by atoms with Gasteiger partial charge in [0.2, 0.25) is 5.60 Å². The van der Waals surface area contributed by atoms with E-state index in [1.807, 2.05) is 0 Å². The minimum atomic E-state index is -1.15. The van der Waals surface area contributed by atoms with E-state index in [0.29, 0.717) is 12.8 Å². The van der Waals surface area contributed by atoms with Gasteiger partial charge in [0.25, 0.3) is 0 Å². The summed E-state index contributed by atoms with van der Waals surface area (Å²) < 4.78 is 18.2.